The van der Waals surface area contributed by atoms with Crippen LogP contribution in [-0.4, -0.2) is 34.2 Å². The minimum Gasteiger partial charge on any atom is -0.444 e. The average Bonchev–Trinajstić information content (AvgIpc) is 2.69. The zero-order chi connectivity index (χ0) is 13.0. The quantitative estimate of drug-likeness (QED) is 0.874. The monoisotopic (exact) mass is 252 g/mol. The lowest BCUT2D eigenvalue weighted by Crippen LogP contribution is -2.38. The van der Waals surface area contributed by atoms with Crippen LogP contribution in [0, 0.1) is 13.8 Å². The van der Waals surface area contributed by atoms with Gasteiger partial charge in [-0.15, -0.1) is 0 Å². The van der Waals surface area contributed by atoms with Gasteiger partial charge < -0.3 is 9.52 Å². The highest BCUT2D eigenvalue weighted by molar-refractivity contribution is 5.05. The van der Waals surface area contributed by atoms with Crippen LogP contribution in [0.1, 0.15) is 49.4 Å². The molecule has 0 saturated heterocycles. The highest BCUT2D eigenvalue weighted by Crippen LogP contribution is 2.24. The van der Waals surface area contributed by atoms with Gasteiger partial charge >= 0.3 is 0 Å². The summed E-state index contributed by atoms with van der Waals surface area (Å²) in [5, 5.41) is 9.21. The summed E-state index contributed by atoms with van der Waals surface area (Å²) in [4.78, 5) is 6.76. The largest absolute Gasteiger partial charge is 0.444 e. The lowest BCUT2D eigenvalue weighted by atomic mass is 9.94. The van der Waals surface area contributed by atoms with Crippen molar-refractivity contribution < 1.29 is 9.52 Å². The number of aliphatic hydroxyl groups is 1. The predicted octanol–water partition coefficient (Wildman–Crippen LogP) is 2.42. The molecule has 0 atom stereocenters. The molecule has 18 heavy (non-hydrogen) atoms. The number of aromatic nitrogens is 1. The number of hydrogen-bond donors (Lipinski definition) is 1. The minimum absolute atomic E-state index is 0.204. The third-order valence-corrected chi connectivity index (χ3v) is 3.89. The lowest BCUT2D eigenvalue weighted by molar-refractivity contribution is 0.107. The molecule has 1 N–H and O–H groups in total. The van der Waals surface area contributed by atoms with E-state index in [0.29, 0.717) is 12.6 Å². The van der Waals surface area contributed by atoms with Gasteiger partial charge in [0, 0.05) is 12.6 Å². The van der Waals surface area contributed by atoms with Gasteiger partial charge in [0.25, 0.3) is 0 Å². The van der Waals surface area contributed by atoms with E-state index >= 15 is 0 Å². The molecule has 1 aromatic heterocycles. The first kappa shape index (κ1) is 13.6. The van der Waals surface area contributed by atoms with Crippen LogP contribution in [0.25, 0.3) is 0 Å². The lowest BCUT2D eigenvalue weighted by Gasteiger charge is -2.32. The van der Waals surface area contributed by atoms with E-state index in [2.05, 4.69) is 9.88 Å². The normalized spacial score (nSPS) is 17.6. The molecule has 102 valence electrons. The molecule has 0 amide bonds. The fourth-order valence-corrected chi connectivity index (χ4v) is 2.75. The molecule has 1 aliphatic rings. The van der Waals surface area contributed by atoms with Crippen molar-refractivity contribution in [1.29, 1.82) is 0 Å². The molecule has 4 heteroatoms. The van der Waals surface area contributed by atoms with Crippen molar-refractivity contribution in [2.24, 2.45) is 0 Å². The first-order valence-corrected chi connectivity index (χ1v) is 6.98. The number of aryl methyl sites for hydroxylation is 2. The molecule has 0 bridgehead atoms. The van der Waals surface area contributed by atoms with Gasteiger partial charge in [-0.3, -0.25) is 4.90 Å². The van der Waals surface area contributed by atoms with Crippen molar-refractivity contribution in [3.63, 3.8) is 0 Å². The topological polar surface area (TPSA) is 49.5 Å². The van der Waals surface area contributed by atoms with E-state index in [-0.39, 0.29) is 6.61 Å². The van der Waals surface area contributed by atoms with Crippen LogP contribution in [0.2, 0.25) is 0 Å². The Morgan fingerprint density at radius 2 is 2.00 bits per heavy atom. The third-order valence-electron chi connectivity index (χ3n) is 3.89. The van der Waals surface area contributed by atoms with Gasteiger partial charge in [-0.05, 0) is 26.7 Å². The molecule has 1 heterocycles. The number of aliphatic hydroxyl groups excluding tert-OH is 1. The van der Waals surface area contributed by atoms with E-state index in [1.54, 1.807) is 0 Å². The van der Waals surface area contributed by atoms with Gasteiger partial charge in [-0.2, -0.15) is 0 Å². The molecule has 4 nitrogen and oxygen atoms in total. The Labute approximate surface area is 109 Å². The van der Waals surface area contributed by atoms with Crippen molar-refractivity contribution >= 4 is 0 Å². The van der Waals surface area contributed by atoms with Crippen molar-refractivity contribution in [1.82, 2.24) is 9.88 Å². The van der Waals surface area contributed by atoms with E-state index in [4.69, 9.17) is 4.42 Å². The highest BCUT2D eigenvalue weighted by Gasteiger charge is 2.22. The molecule has 0 unspecified atom stereocenters. The molecule has 2 rings (SSSR count). The molecular weight excluding hydrogens is 228 g/mol. The second-order valence-corrected chi connectivity index (χ2v) is 5.24. The van der Waals surface area contributed by atoms with Crippen LogP contribution >= 0.6 is 0 Å². The number of rotatable bonds is 5. The zero-order valence-electron chi connectivity index (χ0n) is 11.5. The van der Waals surface area contributed by atoms with E-state index in [0.717, 1.165) is 23.9 Å². The molecule has 1 aliphatic carbocycles. The smallest absolute Gasteiger partial charge is 0.208 e. The molecule has 1 fully saturated rings. The Morgan fingerprint density at radius 3 is 2.56 bits per heavy atom. The maximum absolute atomic E-state index is 9.21. The van der Waals surface area contributed by atoms with Crippen molar-refractivity contribution in [2.45, 2.75) is 58.5 Å². The minimum atomic E-state index is 0.204. The average molecular weight is 252 g/mol. The highest BCUT2D eigenvalue weighted by atomic mass is 16.4. The fraction of sp³-hybridized carbons (Fsp3) is 0.786. The van der Waals surface area contributed by atoms with Crippen LogP contribution in [0.15, 0.2) is 4.42 Å². The summed E-state index contributed by atoms with van der Waals surface area (Å²) < 4.78 is 5.65. The van der Waals surface area contributed by atoms with Gasteiger partial charge in [-0.25, -0.2) is 4.98 Å². The summed E-state index contributed by atoms with van der Waals surface area (Å²) in [7, 11) is 0. The van der Waals surface area contributed by atoms with Crippen LogP contribution in [0.4, 0.5) is 0 Å². The molecule has 0 aromatic carbocycles. The van der Waals surface area contributed by atoms with Gasteiger partial charge in [-0.1, -0.05) is 19.3 Å². The molecular formula is C14H24N2O2. The number of hydrogen-bond acceptors (Lipinski definition) is 4. The maximum Gasteiger partial charge on any atom is 0.208 e. The molecule has 0 spiro atoms. The first-order valence-electron chi connectivity index (χ1n) is 6.98. The van der Waals surface area contributed by atoms with Gasteiger partial charge in [0.15, 0.2) is 0 Å². The Balaban J connectivity index is 2.00. The van der Waals surface area contributed by atoms with Crippen molar-refractivity contribution in [2.75, 3.05) is 13.2 Å². The van der Waals surface area contributed by atoms with Crippen molar-refractivity contribution in [3.05, 3.63) is 17.3 Å². The standard InChI is InChI=1S/C14H24N2O2/c1-11-12(2)18-14(15-11)10-16(8-9-17)13-6-4-3-5-7-13/h13,17H,3-10H2,1-2H3. The van der Waals surface area contributed by atoms with Gasteiger partial charge in [0.2, 0.25) is 5.89 Å². The second-order valence-electron chi connectivity index (χ2n) is 5.24. The van der Waals surface area contributed by atoms with Crippen LogP contribution in [0.5, 0.6) is 0 Å². The maximum atomic E-state index is 9.21. The Bertz CT molecular complexity index is 350. The van der Waals surface area contributed by atoms with Gasteiger partial charge in [0.05, 0.1) is 18.8 Å². The number of nitrogens with zero attached hydrogens (tertiary/aromatic N) is 2. The molecule has 1 saturated carbocycles. The van der Waals surface area contributed by atoms with Crippen LogP contribution in [0.3, 0.4) is 0 Å². The van der Waals surface area contributed by atoms with Crippen LogP contribution < -0.4 is 0 Å². The van der Waals surface area contributed by atoms with Crippen molar-refractivity contribution in [3.8, 4) is 0 Å². The zero-order valence-corrected chi connectivity index (χ0v) is 11.5. The third kappa shape index (κ3) is 3.33. The summed E-state index contributed by atoms with van der Waals surface area (Å²) >= 11 is 0. The summed E-state index contributed by atoms with van der Waals surface area (Å²) in [6.45, 7) is 5.56. The SMILES string of the molecule is Cc1nc(CN(CCO)C2CCCCC2)oc1C. The van der Waals surface area contributed by atoms with E-state index in [9.17, 15) is 5.11 Å². The number of oxazole rings is 1. The summed E-state index contributed by atoms with van der Waals surface area (Å²) in [6.07, 6.45) is 6.42. The Morgan fingerprint density at radius 1 is 1.28 bits per heavy atom. The van der Waals surface area contributed by atoms with E-state index in [1.165, 1.54) is 32.1 Å². The van der Waals surface area contributed by atoms with E-state index < -0.39 is 0 Å². The summed E-state index contributed by atoms with van der Waals surface area (Å²) in [5.74, 6) is 1.68. The fourth-order valence-electron chi connectivity index (χ4n) is 2.75. The Hall–Kier alpha value is -0.870. The first-order chi connectivity index (χ1) is 8.70. The van der Waals surface area contributed by atoms with Gasteiger partial charge in [0.1, 0.15) is 5.76 Å². The molecule has 0 aliphatic heterocycles. The van der Waals surface area contributed by atoms with Crippen LogP contribution in [-0.2, 0) is 6.54 Å². The molecule has 0 radical (unpaired) electrons. The van der Waals surface area contributed by atoms with E-state index in [1.807, 2.05) is 13.8 Å². The Kier molecular flexibility index (Phi) is 4.78. The summed E-state index contributed by atoms with van der Waals surface area (Å²) in [5.41, 5.74) is 0.970. The second kappa shape index (κ2) is 6.34. The summed E-state index contributed by atoms with van der Waals surface area (Å²) in [6, 6.07) is 0.582. The predicted molar refractivity (Wildman–Crippen MR) is 70.3 cm³/mol. The molecule has 1 aromatic rings.